The van der Waals surface area contributed by atoms with Crippen LogP contribution >= 0.6 is 0 Å². The lowest BCUT2D eigenvalue weighted by Crippen LogP contribution is -2.36. The number of rotatable bonds is 7. The van der Waals surface area contributed by atoms with Crippen molar-refractivity contribution in [2.45, 2.75) is 39.5 Å². The summed E-state index contributed by atoms with van der Waals surface area (Å²) < 4.78 is 0. The zero-order chi connectivity index (χ0) is 13.2. The van der Waals surface area contributed by atoms with Crippen molar-refractivity contribution in [1.29, 1.82) is 0 Å². The van der Waals surface area contributed by atoms with E-state index in [1.54, 1.807) is 0 Å². The van der Waals surface area contributed by atoms with Crippen LogP contribution in [0.4, 0.5) is 0 Å². The molecule has 0 aromatic carbocycles. The van der Waals surface area contributed by atoms with E-state index in [4.69, 9.17) is 0 Å². The smallest absolute Gasteiger partial charge is 0.223 e. The van der Waals surface area contributed by atoms with Crippen LogP contribution in [-0.4, -0.2) is 61.5 Å². The molecule has 1 aliphatic rings. The molecule has 0 aliphatic carbocycles. The van der Waals surface area contributed by atoms with E-state index < -0.39 is 0 Å². The maximum atomic E-state index is 12.1. The first-order valence-corrected chi connectivity index (χ1v) is 7.48. The molecule has 1 N–H and O–H groups in total. The molecule has 18 heavy (non-hydrogen) atoms. The number of hydrogen-bond donors (Lipinski definition) is 1. The van der Waals surface area contributed by atoms with Crippen molar-refractivity contribution in [3.63, 3.8) is 0 Å². The van der Waals surface area contributed by atoms with Gasteiger partial charge in [-0.05, 0) is 32.4 Å². The third-order valence-corrected chi connectivity index (χ3v) is 3.41. The van der Waals surface area contributed by atoms with E-state index in [9.17, 15) is 4.79 Å². The van der Waals surface area contributed by atoms with Gasteiger partial charge in [-0.1, -0.05) is 13.8 Å². The number of amides is 1. The Morgan fingerprint density at radius 3 is 2.56 bits per heavy atom. The Morgan fingerprint density at radius 1 is 1.17 bits per heavy atom. The van der Waals surface area contributed by atoms with Gasteiger partial charge in [0.1, 0.15) is 0 Å². The van der Waals surface area contributed by atoms with Crippen molar-refractivity contribution in [2.24, 2.45) is 0 Å². The molecule has 0 atom stereocenters. The van der Waals surface area contributed by atoms with Gasteiger partial charge in [-0.3, -0.25) is 4.79 Å². The van der Waals surface area contributed by atoms with E-state index in [0.717, 1.165) is 58.7 Å². The second kappa shape index (κ2) is 9.34. The zero-order valence-corrected chi connectivity index (χ0v) is 12.1. The average Bonchev–Trinajstić information content (AvgIpc) is 2.64. The molecule has 0 bridgehead atoms. The Morgan fingerprint density at radius 2 is 1.89 bits per heavy atom. The Kier molecular flexibility index (Phi) is 8.01. The molecule has 0 radical (unpaired) electrons. The molecule has 1 aliphatic heterocycles. The highest BCUT2D eigenvalue weighted by atomic mass is 16.2. The lowest BCUT2D eigenvalue weighted by atomic mass is 10.2. The van der Waals surface area contributed by atoms with E-state index in [2.05, 4.69) is 24.1 Å². The van der Waals surface area contributed by atoms with Crippen molar-refractivity contribution in [3.8, 4) is 0 Å². The van der Waals surface area contributed by atoms with Crippen molar-refractivity contribution >= 4 is 5.91 Å². The molecule has 1 heterocycles. The summed E-state index contributed by atoms with van der Waals surface area (Å²) in [5.74, 6) is 0.330. The molecule has 0 aromatic heterocycles. The number of hydrogen-bond acceptors (Lipinski definition) is 3. The average molecular weight is 255 g/mol. The van der Waals surface area contributed by atoms with E-state index in [1.807, 2.05) is 4.90 Å². The molecular formula is C14H29N3O. The van der Waals surface area contributed by atoms with Crippen LogP contribution in [0.3, 0.4) is 0 Å². The SMILES string of the molecule is CCCN(CCC)C(=O)CCN1CCCNCC1. The predicted octanol–water partition coefficient (Wildman–Crippen LogP) is 1.32. The molecule has 1 fully saturated rings. The van der Waals surface area contributed by atoms with Crippen LogP contribution in [0.5, 0.6) is 0 Å². The van der Waals surface area contributed by atoms with E-state index in [0.29, 0.717) is 12.3 Å². The molecule has 0 spiro atoms. The van der Waals surface area contributed by atoms with Gasteiger partial charge in [0.05, 0.1) is 0 Å². The Labute approximate surface area is 112 Å². The molecule has 106 valence electrons. The van der Waals surface area contributed by atoms with Crippen molar-refractivity contribution in [1.82, 2.24) is 15.1 Å². The fourth-order valence-corrected chi connectivity index (χ4v) is 2.44. The molecule has 1 rings (SSSR count). The first-order chi connectivity index (χ1) is 8.77. The predicted molar refractivity (Wildman–Crippen MR) is 75.7 cm³/mol. The molecule has 0 aromatic rings. The van der Waals surface area contributed by atoms with Crippen LogP contribution in [0.2, 0.25) is 0 Å². The van der Waals surface area contributed by atoms with Gasteiger partial charge in [0.2, 0.25) is 5.91 Å². The fraction of sp³-hybridized carbons (Fsp3) is 0.929. The maximum absolute atomic E-state index is 12.1. The van der Waals surface area contributed by atoms with Gasteiger partial charge in [0.25, 0.3) is 0 Å². The van der Waals surface area contributed by atoms with Gasteiger partial charge in [-0.2, -0.15) is 0 Å². The summed E-state index contributed by atoms with van der Waals surface area (Å²) >= 11 is 0. The van der Waals surface area contributed by atoms with Crippen molar-refractivity contribution in [3.05, 3.63) is 0 Å². The molecule has 0 saturated carbocycles. The lowest BCUT2D eigenvalue weighted by Gasteiger charge is -2.24. The van der Waals surface area contributed by atoms with E-state index >= 15 is 0 Å². The maximum Gasteiger partial charge on any atom is 0.223 e. The van der Waals surface area contributed by atoms with E-state index in [1.165, 1.54) is 6.42 Å². The summed E-state index contributed by atoms with van der Waals surface area (Å²) in [6.07, 6.45) is 3.99. The van der Waals surface area contributed by atoms with Gasteiger partial charge in [-0.25, -0.2) is 0 Å². The summed E-state index contributed by atoms with van der Waals surface area (Å²) in [6.45, 7) is 11.4. The highest BCUT2D eigenvalue weighted by Crippen LogP contribution is 2.02. The fourth-order valence-electron chi connectivity index (χ4n) is 2.44. The van der Waals surface area contributed by atoms with Gasteiger partial charge in [0.15, 0.2) is 0 Å². The molecule has 1 saturated heterocycles. The summed E-state index contributed by atoms with van der Waals surface area (Å²) in [5, 5.41) is 3.39. The number of nitrogens with zero attached hydrogens (tertiary/aromatic N) is 2. The normalized spacial score (nSPS) is 17.4. The summed E-state index contributed by atoms with van der Waals surface area (Å²) in [5.41, 5.74) is 0. The van der Waals surface area contributed by atoms with Gasteiger partial charge in [0, 0.05) is 39.1 Å². The molecule has 4 nitrogen and oxygen atoms in total. The summed E-state index contributed by atoms with van der Waals surface area (Å²) in [7, 11) is 0. The van der Waals surface area contributed by atoms with Crippen LogP contribution in [0.25, 0.3) is 0 Å². The Balaban J connectivity index is 2.28. The minimum absolute atomic E-state index is 0.330. The molecule has 0 unspecified atom stereocenters. The van der Waals surface area contributed by atoms with Crippen LogP contribution in [0.1, 0.15) is 39.5 Å². The monoisotopic (exact) mass is 255 g/mol. The van der Waals surface area contributed by atoms with Gasteiger partial charge < -0.3 is 15.1 Å². The quantitative estimate of drug-likeness (QED) is 0.745. The van der Waals surface area contributed by atoms with Crippen LogP contribution in [0, 0.1) is 0 Å². The van der Waals surface area contributed by atoms with Crippen molar-refractivity contribution in [2.75, 3.05) is 45.8 Å². The summed E-state index contributed by atoms with van der Waals surface area (Å²) in [6, 6.07) is 0. The van der Waals surface area contributed by atoms with Gasteiger partial charge >= 0.3 is 0 Å². The lowest BCUT2D eigenvalue weighted by molar-refractivity contribution is -0.131. The molecular weight excluding hydrogens is 226 g/mol. The third-order valence-electron chi connectivity index (χ3n) is 3.41. The Hall–Kier alpha value is -0.610. The molecule has 1 amide bonds. The van der Waals surface area contributed by atoms with Gasteiger partial charge in [-0.15, -0.1) is 0 Å². The Bertz CT molecular complexity index is 219. The first kappa shape index (κ1) is 15.4. The largest absolute Gasteiger partial charge is 0.343 e. The minimum Gasteiger partial charge on any atom is -0.343 e. The number of carbonyl (C=O) groups is 1. The van der Waals surface area contributed by atoms with Crippen LogP contribution < -0.4 is 5.32 Å². The highest BCUT2D eigenvalue weighted by Gasteiger charge is 2.14. The number of nitrogens with one attached hydrogen (secondary N) is 1. The van der Waals surface area contributed by atoms with E-state index in [-0.39, 0.29) is 0 Å². The summed E-state index contributed by atoms with van der Waals surface area (Å²) in [4.78, 5) is 16.6. The zero-order valence-electron chi connectivity index (χ0n) is 12.1. The topological polar surface area (TPSA) is 35.6 Å². The third kappa shape index (κ3) is 5.83. The second-order valence-corrected chi connectivity index (χ2v) is 5.08. The minimum atomic E-state index is 0.330. The highest BCUT2D eigenvalue weighted by molar-refractivity contribution is 5.76. The van der Waals surface area contributed by atoms with Crippen LogP contribution in [0.15, 0.2) is 0 Å². The first-order valence-electron chi connectivity index (χ1n) is 7.48. The number of carbonyl (C=O) groups excluding carboxylic acids is 1. The standard InChI is InChI=1S/C14H29N3O/c1-3-9-17(10-4-2)14(18)6-12-16-11-5-7-15-8-13-16/h15H,3-13H2,1-2H3. The van der Waals surface area contributed by atoms with Crippen LogP contribution in [-0.2, 0) is 4.79 Å². The van der Waals surface area contributed by atoms with Crippen molar-refractivity contribution < 1.29 is 4.79 Å². The second-order valence-electron chi connectivity index (χ2n) is 5.08. The molecule has 4 heteroatoms.